The van der Waals surface area contributed by atoms with Crippen LogP contribution >= 0.6 is 0 Å². The van der Waals surface area contributed by atoms with Crippen molar-refractivity contribution in [2.75, 3.05) is 18.9 Å². The molecule has 0 aromatic heterocycles. The van der Waals surface area contributed by atoms with Gasteiger partial charge in [-0.2, -0.15) is 0 Å². The molecule has 0 amide bonds. The van der Waals surface area contributed by atoms with Crippen molar-refractivity contribution < 1.29 is 14.6 Å². The van der Waals surface area contributed by atoms with Gasteiger partial charge in [0.25, 0.3) is 0 Å². The highest BCUT2D eigenvalue weighted by atomic mass is 16.5. The number of ether oxygens (including phenoxy) is 1. The lowest BCUT2D eigenvalue weighted by Gasteiger charge is -2.03. The molecule has 0 bridgehead atoms. The van der Waals surface area contributed by atoms with Gasteiger partial charge in [-0.1, -0.05) is 0 Å². The number of nitrogen functional groups attached to an aromatic ring is 1. The van der Waals surface area contributed by atoms with Crippen LogP contribution in [0.25, 0.3) is 0 Å². The van der Waals surface area contributed by atoms with Crippen LogP contribution < -0.4 is 5.73 Å². The monoisotopic (exact) mass is 195 g/mol. The van der Waals surface area contributed by atoms with Crippen LogP contribution in [-0.4, -0.2) is 24.3 Å². The molecule has 14 heavy (non-hydrogen) atoms. The summed E-state index contributed by atoms with van der Waals surface area (Å²) in [6, 6.07) is 6.50. The molecule has 0 radical (unpaired) electrons. The molecule has 0 aliphatic carbocycles. The summed E-state index contributed by atoms with van der Waals surface area (Å²) < 4.78 is 4.87. The number of hydrogen-bond donors (Lipinski definition) is 2. The Morgan fingerprint density at radius 1 is 1.36 bits per heavy atom. The molecule has 4 heteroatoms. The first kappa shape index (κ1) is 10.5. The maximum Gasteiger partial charge on any atom is 0.338 e. The third-order valence-electron chi connectivity index (χ3n) is 1.68. The summed E-state index contributed by atoms with van der Waals surface area (Å²) in [6.07, 6.45) is 0.459. The molecule has 0 aliphatic heterocycles. The number of anilines is 1. The third-order valence-corrected chi connectivity index (χ3v) is 1.68. The van der Waals surface area contributed by atoms with Crippen molar-refractivity contribution >= 4 is 11.7 Å². The van der Waals surface area contributed by atoms with E-state index in [9.17, 15) is 4.79 Å². The molecule has 76 valence electrons. The Morgan fingerprint density at radius 2 is 2.00 bits per heavy atom. The Hall–Kier alpha value is -1.55. The number of carbonyl (C=O) groups is 1. The Balaban J connectivity index is 2.48. The fourth-order valence-corrected chi connectivity index (χ4v) is 0.932. The molecule has 0 fully saturated rings. The van der Waals surface area contributed by atoms with Gasteiger partial charge in [0.2, 0.25) is 0 Å². The topological polar surface area (TPSA) is 72.6 Å². The molecule has 0 saturated carbocycles. The number of benzene rings is 1. The predicted molar refractivity (Wildman–Crippen MR) is 52.8 cm³/mol. The molecule has 1 aromatic carbocycles. The summed E-state index contributed by atoms with van der Waals surface area (Å²) in [5, 5.41) is 8.48. The van der Waals surface area contributed by atoms with E-state index in [1.807, 2.05) is 0 Å². The van der Waals surface area contributed by atoms with Crippen molar-refractivity contribution in [3.05, 3.63) is 29.8 Å². The van der Waals surface area contributed by atoms with Crippen molar-refractivity contribution in [2.24, 2.45) is 0 Å². The molecule has 1 rings (SSSR count). The third kappa shape index (κ3) is 3.06. The average molecular weight is 195 g/mol. The summed E-state index contributed by atoms with van der Waals surface area (Å²) in [6.45, 7) is 0.259. The highest BCUT2D eigenvalue weighted by Crippen LogP contribution is 2.06. The Kier molecular flexibility index (Phi) is 3.94. The second-order valence-corrected chi connectivity index (χ2v) is 2.84. The Morgan fingerprint density at radius 3 is 2.57 bits per heavy atom. The van der Waals surface area contributed by atoms with Crippen LogP contribution in [-0.2, 0) is 4.74 Å². The predicted octanol–water partition coefficient (Wildman–Crippen LogP) is 0.808. The van der Waals surface area contributed by atoms with Gasteiger partial charge in [0.15, 0.2) is 0 Å². The number of carbonyl (C=O) groups excluding carboxylic acids is 1. The van der Waals surface area contributed by atoms with Crippen LogP contribution in [0.1, 0.15) is 16.8 Å². The maximum atomic E-state index is 11.3. The van der Waals surface area contributed by atoms with Gasteiger partial charge in [-0.05, 0) is 24.3 Å². The van der Waals surface area contributed by atoms with Crippen LogP contribution in [0.2, 0.25) is 0 Å². The van der Waals surface area contributed by atoms with E-state index < -0.39 is 5.97 Å². The van der Waals surface area contributed by atoms with E-state index in [0.717, 1.165) is 0 Å². The highest BCUT2D eigenvalue weighted by molar-refractivity contribution is 5.89. The fraction of sp³-hybridized carbons (Fsp3) is 0.300. The smallest absolute Gasteiger partial charge is 0.338 e. The van der Waals surface area contributed by atoms with Crippen molar-refractivity contribution in [3.8, 4) is 0 Å². The van der Waals surface area contributed by atoms with Crippen molar-refractivity contribution in [3.63, 3.8) is 0 Å². The summed E-state index contributed by atoms with van der Waals surface area (Å²) in [7, 11) is 0. The van der Waals surface area contributed by atoms with E-state index in [2.05, 4.69) is 0 Å². The average Bonchev–Trinajstić information content (AvgIpc) is 2.19. The van der Waals surface area contributed by atoms with Crippen molar-refractivity contribution in [2.45, 2.75) is 6.42 Å². The number of esters is 1. The van der Waals surface area contributed by atoms with Gasteiger partial charge in [-0.3, -0.25) is 0 Å². The molecule has 0 spiro atoms. The highest BCUT2D eigenvalue weighted by Gasteiger charge is 2.05. The molecule has 0 saturated heterocycles. The molecule has 0 atom stereocenters. The van der Waals surface area contributed by atoms with Gasteiger partial charge in [0.1, 0.15) is 0 Å². The van der Waals surface area contributed by atoms with Gasteiger partial charge in [0, 0.05) is 18.7 Å². The van der Waals surface area contributed by atoms with Crippen molar-refractivity contribution in [1.82, 2.24) is 0 Å². The first-order valence-corrected chi connectivity index (χ1v) is 4.37. The van der Waals surface area contributed by atoms with Crippen LogP contribution in [0.5, 0.6) is 0 Å². The number of aliphatic hydroxyl groups is 1. The van der Waals surface area contributed by atoms with Gasteiger partial charge < -0.3 is 15.6 Å². The molecular formula is C10H13NO3. The normalized spacial score (nSPS) is 9.79. The number of nitrogens with two attached hydrogens (primary N) is 1. The fourth-order valence-electron chi connectivity index (χ4n) is 0.932. The zero-order chi connectivity index (χ0) is 10.4. The molecule has 0 unspecified atom stereocenters. The quantitative estimate of drug-likeness (QED) is 0.423. The van der Waals surface area contributed by atoms with Gasteiger partial charge in [0.05, 0.1) is 12.2 Å². The minimum atomic E-state index is -0.390. The van der Waals surface area contributed by atoms with Gasteiger partial charge in [-0.25, -0.2) is 4.79 Å². The Labute approximate surface area is 82.3 Å². The SMILES string of the molecule is Nc1ccc(C(=O)OCCCO)cc1. The van der Waals surface area contributed by atoms with E-state index in [-0.39, 0.29) is 13.2 Å². The van der Waals surface area contributed by atoms with Crippen LogP contribution in [0.15, 0.2) is 24.3 Å². The largest absolute Gasteiger partial charge is 0.462 e. The molecular weight excluding hydrogens is 182 g/mol. The lowest BCUT2D eigenvalue weighted by Crippen LogP contribution is -2.07. The van der Waals surface area contributed by atoms with E-state index >= 15 is 0 Å². The molecule has 3 N–H and O–H groups in total. The molecule has 4 nitrogen and oxygen atoms in total. The Bertz CT molecular complexity index is 295. The first-order valence-electron chi connectivity index (χ1n) is 4.37. The second-order valence-electron chi connectivity index (χ2n) is 2.84. The zero-order valence-electron chi connectivity index (χ0n) is 7.77. The maximum absolute atomic E-state index is 11.3. The van der Waals surface area contributed by atoms with E-state index in [1.54, 1.807) is 24.3 Å². The minimum absolute atomic E-state index is 0.0228. The summed E-state index contributed by atoms with van der Waals surface area (Å²) in [5.41, 5.74) is 6.54. The first-order chi connectivity index (χ1) is 6.74. The van der Waals surface area contributed by atoms with Crippen LogP contribution in [0.4, 0.5) is 5.69 Å². The molecule has 0 heterocycles. The summed E-state index contributed by atoms with van der Waals surface area (Å²) in [5.74, 6) is -0.390. The second kappa shape index (κ2) is 5.24. The van der Waals surface area contributed by atoms with E-state index in [4.69, 9.17) is 15.6 Å². The number of aliphatic hydroxyl groups excluding tert-OH is 1. The van der Waals surface area contributed by atoms with Gasteiger partial charge in [-0.15, -0.1) is 0 Å². The molecule has 0 aliphatic rings. The van der Waals surface area contributed by atoms with E-state index in [1.165, 1.54) is 0 Å². The number of hydrogen-bond acceptors (Lipinski definition) is 4. The zero-order valence-corrected chi connectivity index (χ0v) is 7.77. The van der Waals surface area contributed by atoms with Gasteiger partial charge >= 0.3 is 5.97 Å². The van der Waals surface area contributed by atoms with E-state index in [0.29, 0.717) is 17.7 Å². The lowest BCUT2D eigenvalue weighted by atomic mass is 10.2. The van der Waals surface area contributed by atoms with Crippen LogP contribution in [0, 0.1) is 0 Å². The van der Waals surface area contributed by atoms with Crippen molar-refractivity contribution in [1.29, 1.82) is 0 Å². The lowest BCUT2D eigenvalue weighted by molar-refractivity contribution is 0.0482. The molecule has 1 aromatic rings. The standard InChI is InChI=1S/C10H13NO3/c11-9-4-2-8(3-5-9)10(13)14-7-1-6-12/h2-5,12H,1,6-7,11H2. The summed E-state index contributed by atoms with van der Waals surface area (Å²) >= 11 is 0. The minimum Gasteiger partial charge on any atom is -0.462 e. The number of rotatable bonds is 4. The summed E-state index contributed by atoms with van der Waals surface area (Å²) in [4.78, 5) is 11.3. The van der Waals surface area contributed by atoms with Crippen LogP contribution in [0.3, 0.4) is 0 Å².